The van der Waals surface area contributed by atoms with Crippen LogP contribution in [-0.4, -0.2) is 19.9 Å². The molecular formula is C50H32N4. The van der Waals surface area contributed by atoms with Gasteiger partial charge in [-0.05, 0) is 40.8 Å². The standard InChI is InChI=1S/C50H32N4/c1-4-13-34(14-5-1)43-30-28-37-27-29-42-41-21-10-11-22-44(41)52-49(47(42)48(37)51-43)36-25-23-33(24-26-36)39-19-12-20-40(31-39)46-32-45(35-15-6-2-7-16-35)53-50(54-46)38-17-8-3-9-18-38/h1-32H. The van der Waals surface area contributed by atoms with E-state index in [0.29, 0.717) is 5.82 Å². The second kappa shape index (κ2) is 13.4. The Kier molecular flexibility index (Phi) is 7.77. The van der Waals surface area contributed by atoms with E-state index in [9.17, 15) is 0 Å². The van der Waals surface area contributed by atoms with Gasteiger partial charge in [0.1, 0.15) is 0 Å². The molecule has 0 radical (unpaired) electrons. The number of nitrogens with zero attached hydrogens (tertiary/aromatic N) is 4. The van der Waals surface area contributed by atoms with Gasteiger partial charge in [-0.25, -0.2) is 19.9 Å². The van der Waals surface area contributed by atoms with Crippen molar-refractivity contribution >= 4 is 32.6 Å². The molecule has 0 aliphatic rings. The molecule has 0 saturated heterocycles. The maximum atomic E-state index is 5.29. The summed E-state index contributed by atoms with van der Waals surface area (Å²) in [5.74, 6) is 0.703. The second-order valence-electron chi connectivity index (χ2n) is 13.5. The molecule has 3 heterocycles. The first-order valence-corrected chi connectivity index (χ1v) is 18.1. The minimum absolute atomic E-state index is 0.703. The molecule has 3 aromatic heterocycles. The number of fused-ring (bicyclic) bond motifs is 5. The lowest BCUT2D eigenvalue weighted by Crippen LogP contribution is -1.96. The SMILES string of the molecule is c1ccc(-c2cc(-c3cccc(-c4ccc(-c5nc6ccccc6c6ccc7ccc(-c8ccccc8)nc7c56)cc4)c3)nc(-c3ccccc3)n2)cc1. The lowest BCUT2D eigenvalue weighted by atomic mass is 9.95. The van der Waals surface area contributed by atoms with E-state index in [1.54, 1.807) is 0 Å². The third-order valence-electron chi connectivity index (χ3n) is 10.1. The van der Waals surface area contributed by atoms with Gasteiger partial charge in [-0.15, -0.1) is 0 Å². The van der Waals surface area contributed by atoms with Crippen molar-refractivity contribution in [2.75, 3.05) is 0 Å². The first-order chi connectivity index (χ1) is 26.7. The zero-order chi connectivity index (χ0) is 35.8. The van der Waals surface area contributed by atoms with E-state index in [-0.39, 0.29) is 0 Å². The van der Waals surface area contributed by atoms with Crippen molar-refractivity contribution in [3.05, 3.63) is 194 Å². The van der Waals surface area contributed by atoms with Crippen LogP contribution in [0.3, 0.4) is 0 Å². The molecule has 10 rings (SSSR count). The highest BCUT2D eigenvalue weighted by Crippen LogP contribution is 2.38. The van der Waals surface area contributed by atoms with Gasteiger partial charge in [0.15, 0.2) is 5.82 Å². The Morgan fingerprint density at radius 3 is 1.61 bits per heavy atom. The van der Waals surface area contributed by atoms with Gasteiger partial charge in [-0.3, -0.25) is 0 Å². The van der Waals surface area contributed by atoms with Gasteiger partial charge in [-0.2, -0.15) is 0 Å². The Labute approximate surface area is 313 Å². The maximum absolute atomic E-state index is 5.29. The third-order valence-corrected chi connectivity index (χ3v) is 10.1. The molecule has 10 aromatic rings. The minimum Gasteiger partial charge on any atom is -0.247 e. The summed E-state index contributed by atoms with van der Waals surface area (Å²) in [7, 11) is 0. The summed E-state index contributed by atoms with van der Waals surface area (Å²) >= 11 is 0. The molecule has 0 aliphatic heterocycles. The van der Waals surface area contributed by atoms with Crippen molar-refractivity contribution in [3.8, 4) is 67.5 Å². The molecule has 4 heteroatoms. The number of aromatic nitrogens is 4. The molecule has 252 valence electrons. The van der Waals surface area contributed by atoms with Gasteiger partial charge in [0.25, 0.3) is 0 Å². The van der Waals surface area contributed by atoms with Crippen LogP contribution < -0.4 is 0 Å². The summed E-state index contributed by atoms with van der Waals surface area (Å²) in [6.07, 6.45) is 0. The van der Waals surface area contributed by atoms with E-state index in [1.165, 1.54) is 0 Å². The fourth-order valence-electron chi connectivity index (χ4n) is 7.35. The van der Waals surface area contributed by atoms with Crippen LogP contribution in [0.1, 0.15) is 0 Å². The van der Waals surface area contributed by atoms with Crippen LogP contribution >= 0.6 is 0 Å². The number of para-hydroxylation sites is 1. The summed E-state index contributed by atoms with van der Waals surface area (Å²) < 4.78 is 0. The first kappa shape index (κ1) is 31.4. The maximum Gasteiger partial charge on any atom is 0.160 e. The van der Waals surface area contributed by atoms with Gasteiger partial charge >= 0.3 is 0 Å². The Balaban J connectivity index is 1.08. The lowest BCUT2D eigenvalue weighted by molar-refractivity contribution is 1.18. The highest BCUT2D eigenvalue weighted by Gasteiger charge is 2.16. The molecule has 0 amide bonds. The molecule has 0 aliphatic carbocycles. The van der Waals surface area contributed by atoms with Crippen LogP contribution in [0.5, 0.6) is 0 Å². The van der Waals surface area contributed by atoms with Crippen molar-refractivity contribution in [2.45, 2.75) is 0 Å². The predicted molar refractivity (Wildman–Crippen MR) is 223 cm³/mol. The average Bonchev–Trinajstić information content (AvgIpc) is 3.26. The lowest BCUT2D eigenvalue weighted by Gasteiger charge is -2.14. The summed E-state index contributed by atoms with van der Waals surface area (Å²) in [6.45, 7) is 0. The van der Waals surface area contributed by atoms with E-state index >= 15 is 0 Å². The van der Waals surface area contributed by atoms with Gasteiger partial charge in [0, 0.05) is 44.0 Å². The van der Waals surface area contributed by atoms with Crippen molar-refractivity contribution in [2.24, 2.45) is 0 Å². The molecule has 4 nitrogen and oxygen atoms in total. The van der Waals surface area contributed by atoms with E-state index < -0.39 is 0 Å². The largest absolute Gasteiger partial charge is 0.247 e. The van der Waals surface area contributed by atoms with E-state index in [2.05, 4.69) is 152 Å². The smallest absolute Gasteiger partial charge is 0.160 e. The van der Waals surface area contributed by atoms with Gasteiger partial charge in [-0.1, -0.05) is 170 Å². The Hall–Kier alpha value is -7.30. The molecular weight excluding hydrogens is 657 g/mol. The van der Waals surface area contributed by atoms with E-state index in [1.807, 2.05) is 42.5 Å². The van der Waals surface area contributed by atoms with Gasteiger partial charge in [0.05, 0.1) is 33.8 Å². The van der Waals surface area contributed by atoms with Crippen LogP contribution in [0.4, 0.5) is 0 Å². The van der Waals surface area contributed by atoms with Crippen molar-refractivity contribution < 1.29 is 0 Å². The molecule has 0 fully saturated rings. The second-order valence-corrected chi connectivity index (χ2v) is 13.5. The Morgan fingerprint density at radius 1 is 0.296 bits per heavy atom. The van der Waals surface area contributed by atoms with Crippen LogP contribution in [0.2, 0.25) is 0 Å². The zero-order valence-electron chi connectivity index (χ0n) is 29.3. The highest BCUT2D eigenvalue weighted by molar-refractivity contribution is 6.20. The van der Waals surface area contributed by atoms with E-state index in [4.69, 9.17) is 19.9 Å². The predicted octanol–water partition coefficient (Wildman–Crippen LogP) is 12.7. The van der Waals surface area contributed by atoms with Crippen LogP contribution in [0.25, 0.3) is 100 Å². The van der Waals surface area contributed by atoms with Gasteiger partial charge < -0.3 is 0 Å². The Morgan fingerprint density at radius 2 is 0.870 bits per heavy atom. The summed E-state index contributed by atoms with van der Waals surface area (Å²) in [6, 6.07) is 67.3. The molecule has 54 heavy (non-hydrogen) atoms. The van der Waals surface area contributed by atoms with Gasteiger partial charge in [0.2, 0.25) is 0 Å². The van der Waals surface area contributed by atoms with Crippen LogP contribution in [0, 0.1) is 0 Å². The van der Waals surface area contributed by atoms with Crippen molar-refractivity contribution in [3.63, 3.8) is 0 Å². The molecule has 0 N–H and O–H groups in total. The number of benzene rings is 7. The number of hydrogen-bond donors (Lipinski definition) is 0. The van der Waals surface area contributed by atoms with Crippen LogP contribution in [0.15, 0.2) is 194 Å². The molecule has 0 atom stereocenters. The summed E-state index contributed by atoms with van der Waals surface area (Å²) in [5.41, 5.74) is 13.0. The Bertz CT molecular complexity index is 2900. The summed E-state index contributed by atoms with van der Waals surface area (Å²) in [4.78, 5) is 20.6. The first-order valence-electron chi connectivity index (χ1n) is 18.1. The number of pyridine rings is 2. The molecule has 0 saturated carbocycles. The molecule has 0 bridgehead atoms. The van der Waals surface area contributed by atoms with Crippen LogP contribution in [-0.2, 0) is 0 Å². The number of hydrogen-bond acceptors (Lipinski definition) is 4. The van der Waals surface area contributed by atoms with Crippen molar-refractivity contribution in [1.82, 2.24) is 19.9 Å². The fraction of sp³-hybridized carbons (Fsp3) is 0. The molecule has 7 aromatic carbocycles. The molecule has 0 unspecified atom stereocenters. The zero-order valence-corrected chi connectivity index (χ0v) is 29.3. The normalized spacial score (nSPS) is 11.3. The summed E-state index contributed by atoms with van der Waals surface area (Å²) in [5, 5.41) is 4.41. The fourth-order valence-corrected chi connectivity index (χ4v) is 7.35. The average molecular weight is 689 g/mol. The monoisotopic (exact) mass is 688 g/mol. The topological polar surface area (TPSA) is 51.6 Å². The quantitative estimate of drug-likeness (QED) is 0.163. The minimum atomic E-state index is 0.703. The third kappa shape index (κ3) is 5.76. The number of rotatable bonds is 6. The van der Waals surface area contributed by atoms with E-state index in [0.717, 1.165) is 94.3 Å². The molecule has 0 spiro atoms. The van der Waals surface area contributed by atoms with Crippen molar-refractivity contribution in [1.29, 1.82) is 0 Å². The highest BCUT2D eigenvalue weighted by atomic mass is 14.9.